The number of carbonyl (C=O) groups excluding carboxylic acids is 1. The molecule has 3 aromatic heterocycles. The summed E-state index contributed by atoms with van der Waals surface area (Å²) in [5.41, 5.74) is 3.46. The van der Waals surface area contributed by atoms with Crippen LogP contribution in [0.3, 0.4) is 0 Å². The summed E-state index contributed by atoms with van der Waals surface area (Å²) in [6.07, 6.45) is 1.53. The Balaban J connectivity index is 1.48. The lowest BCUT2D eigenvalue weighted by molar-refractivity contribution is 0.0958. The average molecular weight is 414 g/mol. The number of imidazole rings is 1. The minimum absolute atomic E-state index is 0.276. The van der Waals surface area contributed by atoms with Crippen LogP contribution in [0, 0.1) is 0 Å². The van der Waals surface area contributed by atoms with Crippen LogP contribution in [0.25, 0.3) is 33.5 Å². The summed E-state index contributed by atoms with van der Waals surface area (Å²) in [6, 6.07) is 14.5. The number of pyridine rings is 1. The molecule has 1 amide bonds. The van der Waals surface area contributed by atoms with Gasteiger partial charge in [0.05, 0.1) is 23.7 Å². The predicted octanol–water partition coefficient (Wildman–Crippen LogP) is 3.66. The lowest BCUT2D eigenvalue weighted by atomic mass is 10.2. The first-order valence-corrected chi connectivity index (χ1v) is 9.53. The van der Waals surface area contributed by atoms with E-state index in [9.17, 15) is 4.79 Å². The first-order valence-electron chi connectivity index (χ1n) is 9.53. The molecule has 0 aliphatic heterocycles. The normalized spacial score (nSPS) is 11.0. The summed E-state index contributed by atoms with van der Waals surface area (Å²) in [5, 5.41) is 10.9. The number of aromatic amines is 2. The van der Waals surface area contributed by atoms with Crippen LogP contribution in [0.15, 0.2) is 54.7 Å². The number of carbonyl (C=O) groups is 1. The Morgan fingerprint density at radius 3 is 2.68 bits per heavy atom. The Labute approximate surface area is 176 Å². The monoisotopic (exact) mass is 414 g/mol. The predicted molar refractivity (Wildman–Crippen MR) is 115 cm³/mol. The summed E-state index contributed by atoms with van der Waals surface area (Å²) in [5.74, 6) is 2.22. The second kappa shape index (κ2) is 7.45. The van der Waals surface area contributed by atoms with Gasteiger partial charge < -0.3 is 19.8 Å². The third-order valence-corrected chi connectivity index (χ3v) is 4.87. The molecule has 0 aliphatic rings. The van der Waals surface area contributed by atoms with Crippen LogP contribution in [0.2, 0.25) is 0 Å². The van der Waals surface area contributed by atoms with Crippen LogP contribution in [0.5, 0.6) is 17.2 Å². The van der Waals surface area contributed by atoms with E-state index < -0.39 is 0 Å². The lowest BCUT2D eigenvalue weighted by Crippen LogP contribution is -2.18. The van der Waals surface area contributed by atoms with Gasteiger partial charge in [0.25, 0.3) is 5.91 Å². The zero-order chi connectivity index (χ0) is 21.4. The SMILES string of the molecule is CNC(=O)c1cc(Oc2ccc3nc(-c4n[nH]c5ccc(OC)cc45)[nH]c3c2)ccn1. The zero-order valence-corrected chi connectivity index (χ0v) is 16.8. The van der Waals surface area contributed by atoms with Gasteiger partial charge in [0.15, 0.2) is 5.82 Å². The molecule has 0 bridgehead atoms. The van der Waals surface area contributed by atoms with Gasteiger partial charge in [0.1, 0.15) is 28.6 Å². The third kappa shape index (κ3) is 3.42. The smallest absolute Gasteiger partial charge is 0.269 e. The highest BCUT2D eigenvalue weighted by Crippen LogP contribution is 2.30. The highest BCUT2D eigenvalue weighted by atomic mass is 16.5. The van der Waals surface area contributed by atoms with Crippen molar-refractivity contribution in [2.24, 2.45) is 0 Å². The van der Waals surface area contributed by atoms with Crippen LogP contribution in [0.1, 0.15) is 10.5 Å². The molecule has 154 valence electrons. The fraction of sp³-hybridized carbons (Fsp3) is 0.0909. The van der Waals surface area contributed by atoms with Crippen molar-refractivity contribution in [3.63, 3.8) is 0 Å². The molecular formula is C22H18N6O3. The van der Waals surface area contributed by atoms with Crippen molar-refractivity contribution in [3.8, 4) is 28.8 Å². The molecule has 0 fully saturated rings. The minimum Gasteiger partial charge on any atom is -0.497 e. The summed E-state index contributed by atoms with van der Waals surface area (Å²) in [6.45, 7) is 0. The number of amides is 1. The summed E-state index contributed by atoms with van der Waals surface area (Å²) >= 11 is 0. The van der Waals surface area contributed by atoms with Gasteiger partial charge in [-0.3, -0.25) is 14.9 Å². The van der Waals surface area contributed by atoms with Gasteiger partial charge >= 0.3 is 0 Å². The van der Waals surface area contributed by atoms with Crippen molar-refractivity contribution >= 4 is 27.8 Å². The molecule has 5 rings (SSSR count). The van der Waals surface area contributed by atoms with E-state index in [1.165, 1.54) is 6.20 Å². The van der Waals surface area contributed by atoms with Crippen LogP contribution in [0.4, 0.5) is 0 Å². The van der Waals surface area contributed by atoms with Gasteiger partial charge in [0.2, 0.25) is 0 Å². The first-order chi connectivity index (χ1) is 15.1. The number of aromatic nitrogens is 5. The molecular weight excluding hydrogens is 396 g/mol. The number of methoxy groups -OCH3 is 1. The maximum absolute atomic E-state index is 11.8. The highest BCUT2D eigenvalue weighted by Gasteiger charge is 2.14. The number of hydrogen-bond acceptors (Lipinski definition) is 6. The van der Waals surface area contributed by atoms with Crippen LogP contribution >= 0.6 is 0 Å². The average Bonchev–Trinajstić information content (AvgIpc) is 3.41. The molecule has 0 spiro atoms. The number of rotatable bonds is 5. The number of benzene rings is 2. The van der Waals surface area contributed by atoms with Gasteiger partial charge in [-0.2, -0.15) is 5.10 Å². The fourth-order valence-corrected chi connectivity index (χ4v) is 3.33. The lowest BCUT2D eigenvalue weighted by Gasteiger charge is -2.06. The second-order valence-electron chi connectivity index (χ2n) is 6.81. The quantitative estimate of drug-likeness (QED) is 0.404. The molecule has 0 radical (unpaired) electrons. The van der Waals surface area contributed by atoms with Gasteiger partial charge in [-0.05, 0) is 36.4 Å². The van der Waals surface area contributed by atoms with E-state index >= 15 is 0 Å². The van der Waals surface area contributed by atoms with Gasteiger partial charge in [-0.25, -0.2) is 4.98 Å². The minimum atomic E-state index is -0.276. The number of fused-ring (bicyclic) bond motifs is 2. The number of ether oxygens (including phenoxy) is 2. The van der Waals surface area contributed by atoms with E-state index in [4.69, 9.17) is 9.47 Å². The first kappa shape index (κ1) is 18.6. The van der Waals surface area contributed by atoms with Crippen molar-refractivity contribution in [2.75, 3.05) is 14.2 Å². The Kier molecular flexibility index (Phi) is 4.47. The third-order valence-electron chi connectivity index (χ3n) is 4.87. The fourth-order valence-electron chi connectivity index (χ4n) is 3.33. The standard InChI is InChI=1S/C22H18N6O3/c1-23-22(29)19-11-14(7-8-24-19)31-13-4-6-17-18(10-13)26-21(25-17)20-15-9-12(30-2)3-5-16(15)27-28-20/h3-11H,1-2H3,(H,23,29)(H,25,26)(H,27,28). The zero-order valence-electron chi connectivity index (χ0n) is 16.8. The van der Waals surface area contributed by atoms with Crippen molar-refractivity contribution < 1.29 is 14.3 Å². The molecule has 5 aromatic rings. The Bertz CT molecular complexity index is 1420. The van der Waals surface area contributed by atoms with Crippen molar-refractivity contribution in [1.82, 2.24) is 30.5 Å². The van der Waals surface area contributed by atoms with Gasteiger partial charge in [-0.15, -0.1) is 0 Å². The van der Waals surface area contributed by atoms with E-state index in [0.717, 1.165) is 27.7 Å². The molecule has 0 atom stereocenters. The number of hydrogen-bond donors (Lipinski definition) is 3. The molecule has 2 aromatic carbocycles. The van der Waals surface area contributed by atoms with E-state index in [-0.39, 0.29) is 11.6 Å². The molecule has 3 heterocycles. The van der Waals surface area contributed by atoms with Gasteiger partial charge in [0, 0.05) is 30.8 Å². The van der Waals surface area contributed by atoms with Crippen molar-refractivity contribution in [1.29, 1.82) is 0 Å². The Morgan fingerprint density at radius 2 is 1.84 bits per heavy atom. The summed E-state index contributed by atoms with van der Waals surface area (Å²) in [4.78, 5) is 23.8. The van der Waals surface area contributed by atoms with Crippen LogP contribution in [-0.4, -0.2) is 45.2 Å². The maximum Gasteiger partial charge on any atom is 0.269 e. The van der Waals surface area contributed by atoms with Crippen LogP contribution < -0.4 is 14.8 Å². The van der Waals surface area contributed by atoms with E-state index in [0.29, 0.717) is 23.0 Å². The summed E-state index contributed by atoms with van der Waals surface area (Å²) in [7, 11) is 3.18. The highest BCUT2D eigenvalue weighted by molar-refractivity contribution is 5.94. The largest absolute Gasteiger partial charge is 0.497 e. The molecule has 0 unspecified atom stereocenters. The molecule has 0 saturated heterocycles. The maximum atomic E-state index is 11.8. The molecule has 9 heteroatoms. The van der Waals surface area contributed by atoms with E-state index in [1.54, 1.807) is 26.3 Å². The molecule has 3 N–H and O–H groups in total. The van der Waals surface area contributed by atoms with Crippen molar-refractivity contribution in [2.45, 2.75) is 0 Å². The number of nitrogens with zero attached hydrogens (tertiary/aromatic N) is 3. The van der Waals surface area contributed by atoms with Gasteiger partial charge in [-0.1, -0.05) is 0 Å². The molecule has 31 heavy (non-hydrogen) atoms. The van der Waals surface area contributed by atoms with E-state index in [1.807, 2.05) is 36.4 Å². The topological polar surface area (TPSA) is 118 Å². The number of H-pyrrole nitrogens is 2. The molecule has 0 saturated carbocycles. The Morgan fingerprint density at radius 1 is 1.00 bits per heavy atom. The molecule has 9 nitrogen and oxygen atoms in total. The Hall–Kier alpha value is -4.40. The molecule has 0 aliphatic carbocycles. The number of nitrogens with one attached hydrogen (secondary N) is 3. The van der Waals surface area contributed by atoms with Crippen LogP contribution in [-0.2, 0) is 0 Å². The van der Waals surface area contributed by atoms with E-state index in [2.05, 4.69) is 30.5 Å². The second-order valence-corrected chi connectivity index (χ2v) is 6.81. The van der Waals surface area contributed by atoms with Crippen molar-refractivity contribution in [3.05, 3.63) is 60.4 Å². The summed E-state index contributed by atoms with van der Waals surface area (Å²) < 4.78 is 11.2.